The molecule has 2 rings (SSSR count). The van der Waals surface area contributed by atoms with E-state index in [0.29, 0.717) is 23.8 Å². The number of hydrogen-bond donors (Lipinski definition) is 1. The maximum Gasteiger partial charge on any atom is 0.338 e. The lowest BCUT2D eigenvalue weighted by Gasteiger charge is -2.31. The van der Waals surface area contributed by atoms with E-state index in [0.717, 1.165) is 25.1 Å². The molecule has 0 spiro atoms. The number of esters is 1. The van der Waals surface area contributed by atoms with Crippen LogP contribution in [0.4, 0.5) is 5.69 Å². The van der Waals surface area contributed by atoms with Crippen LogP contribution in [-0.4, -0.2) is 35.7 Å². The van der Waals surface area contributed by atoms with Gasteiger partial charge in [-0.25, -0.2) is 4.79 Å². The van der Waals surface area contributed by atoms with Crippen molar-refractivity contribution in [3.63, 3.8) is 0 Å². The topological polar surface area (TPSA) is 65.4 Å². The molecule has 0 aromatic heterocycles. The second-order valence-corrected chi connectivity index (χ2v) is 5.53. The van der Waals surface area contributed by atoms with Crippen molar-refractivity contribution < 1.29 is 9.53 Å². The van der Waals surface area contributed by atoms with Gasteiger partial charge in [0.2, 0.25) is 0 Å². The van der Waals surface area contributed by atoms with Crippen LogP contribution in [0.5, 0.6) is 0 Å². The highest BCUT2D eigenvalue weighted by Crippen LogP contribution is 2.17. The van der Waals surface area contributed by atoms with Crippen molar-refractivity contribution in [3.05, 3.63) is 29.8 Å². The van der Waals surface area contributed by atoms with Gasteiger partial charge < -0.3 is 15.0 Å². The van der Waals surface area contributed by atoms with Crippen LogP contribution in [0.3, 0.4) is 0 Å². The summed E-state index contributed by atoms with van der Waals surface area (Å²) in [5.74, 6) is -0.288. The van der Waals surface area contributed by atoms with E-state index < -0.39 is 0 Å². The van der Waals surface area contributed by atoms with Crippen LogP contribution in [0, 0.1) is 17.2 Å². The molecule has 1 aliphatic rings. The molecule has 0 bridgehead atoms. The van der Waals surface area contributed by atoms with Crippen molar-refractivity contribution in [2.24, 2.45) is 5.92 Å². The molecule has 1 N–H and O–H groups in total. The monoisotopic (exact) mass is 317 g/mol. The van der Waals surface area contributed by atoms with Crippen LogP contribution in [0.25, 0.3) is 0 Å². The molecule has 0 radical (unpaired) electrons. The van der Waals surface area contributed by atoms with Crippen LogP contribution in [0.2, 0.25) is 0 Å². The first-order valence-corrected chi connectivity index (χ1v) is 7.77. The van der Waals surface area contributed by atoms with E-state index in [4.69, 9.17) is 22.2 Å². The van der Waals surface area contributed by atoms with Crippen molar-refractivity contribution >= 4 is 29.0 Å². The van der Waals surface area contributed by atoms with E-state index in [9.17, 15) is 4.79 Å². The molecule has 1 fully saturated rings. The Morgan fingerprint density at radius 1 is 1.50 bits per heavy atom. The summed E-state index contributed by atoms with van der Waals surface area (Å²) in [6.07, 6.45) is 1.91. The van der Waals surface area contributed by atoms with E-state index in [1.54, 1.807) is 31.2 Å². The third-order valence-corrected chi connectivity index (χ3v) is 3.90. The fourth-order valence-corrected chi connectivity index (χ4v) is 2.66. The average molecular weight is 317 g/mol. The molecule has 0 aliphatic carbocycles. The van der Waals surface area contributed by atoms with Crippen LogP contribution < -0.4 is 5.32 Å². The van der Waals surface area contributed by atoms with E-state index in [1.165, 1.54) is 0 Å². The molecule has 22 heavy (non-hydrogen) atoms. The number of ether oxygens (including phenoxy) is 1. The molecule has 1 aromatic rings. The van der Waals surface area contributed by atoms with Gasteiger partial charge in [-0.1, -0.05) is 0 Å². The quantitative estimate of drug-likeness (QED) is 0.683. The van der Waals surface area contributed by atoms with E-state index >= 15 is 0 Å². The summed E-state index contributed by atoms with van der Waals surface area (Å²) in [7, 11) is 0. The molecule has 6 heteroatoms. The van der Waals surface area contributed by atoms with Crippen LogP contribution >= 0.6 is 12.2 Å². The van der Waals surface area contributed by atoms with E-state index in [1.807, 2.05) is 4.90 Å². The maximum absolute atomic E-state index is 11.6. The van der Waals surface area contributed by atoms with Gasteiger partial charge in [-0.2, -0.15) is 5.26 Å². The summed E-state index contributed by atoms with van der Waals surface area (Å²) in [5.41, 5.74) is 1.33. The van der Waals surface area contributed by atoms with E-state index in [-0.39, 0.29) is 11.9 Å². The molecule has 0 saturated carbocycles. The lowest BCUT2D eigenvalue weighted by Crippen LogP contribution is -2.41. The molecule has 5 nitrogen and oxygen atoms in total. The number of nitriles is 1. The van der Waals surface area contributed by atoms with Crippen molar-refractivity contribution in [1.29, 1.82) is 5.26 Å². The molecular weight excluding hydrogens is 298 g/mol. The van der Waals surface area contributed by atoms with Gasteiger partial charge in [-0.05, 0) is 56.2 Å². The zero-order valence-corrected chi connectivity index (χ0v) is 13.4. The molecule has 1 atom stereocenters. The first kappa shape index (κ1) is 16.2. The first-order valence-electron chi connectivity index (χ1n) is 7.36. The van der Waals surface area contributed by atoms with E-state index in [2.05, 4.69) is 11.4 Å². The number of hydrogen-bond acceptors (Lipinski definition) is 4. The molecule has 1 aromatic carbocycles. The summed E-state index contributed by atoms with van der Waals surface area (Å²) in [4.78, 5) is 13.6. The van der Waals surface area contributed by atoms with Gasteiger partial charge in [0.15, 0.2) is 5.11 Å². The van der Waals surface area contributed by atoms with Crippen molar-refractivity contribution in [2.75, 3.05) is 25.0 Å². The molecule has 0 amide bonds. The Morgan fingerprint density at radius 2 is 2.23 bits per heavy atom. The molecule has 116 valence electrons. The van der Waals surface area contributed by atoms with Gasteiger partial charge in [0, 0.05) is 18.8 Å². The molecular formula is C16H19N3O2S. The maximum atomic E-state index is 11.6. The third kappa shape index (κ3) is 4.18. The molecule has 1 aliphatic heterocycles. The van der Waals surface area contributed by atoms with Gasteiger partial charge in [-0.15, -0.1) is 0 Å². The lowest BCUT2D eigenvalue weighted by molar-refractivity contribution is 0.0526. The normalized spacial score (nSPS) is 17.5. The van der Waals surface area contributed by atoms with Gasteiger partial charge in [0.25, 0.3) is 0 Å². The Kier molecular flexibility index (Phi) is 5.73. The number of piperidine rings is 1. The molecule has 1 saturated heterocycles. The van der Waals surface area contributed by atoms with Gasteiger partial charge in [0.1, 0.15) is 0 Å². The number of anilines is 1. The standard InChI is InChI=1S/C16H19N3O2S/c1-2-21-15(20)13-5-7-14(8-6-13)18-16(22)19-9-3-4-12(10-17)11-19/h5-8,12H,2-4,9,11H2,1H3,(H,18,22). The Labute approximate surface area is 135 Å². The van der Waals surface area contributed by atoms with Crippen molar-refractivity contribution in [2.45, 2.75) is 19.8 Å². The molecule has 1 unspecified atom stereocenters. The summed E-state index contributed by atoms with van der Waals surface area (Å²) in [5, 5.41) is 12.8. The minimum absolute atomic E-state index is 0.0414. The predicted molar refractivity (Wildman–Crippen MR) is 88.5 cm³/mol. The van der Waals surface area contributed by atoms with Crippen LogP contribution in [0.15, 0.2) is 24.3 Å². The smallest absolute Gasteiger partial charge is 0.338 e. The van der Waals surface area contributed by atoms with Gasteiger partial charge >= 0.3 is 5.97 Å². The highest BCUT2D eigenvalue weighted by molar-refractivity contribution is 7.80. The Hall–Kier alpha value is -2.13. The number of thiocarbonyl (C=S) groups is 1. The van der Waals surface area contributed by atoms with Crippen LogP contribution in [-0.2, 0) is 4.74 Å². The number of carbonyl (C=O) groups excluding carboxylic acids is 1. The Morgan fingerprint density at radius 3 is 2.86 bits per heavy atom. The number of nitrogens with one attached hydrogen (secondary N) is 1. The fourth-order valence-electron chi connectivity index (χ4n) is 2.37. The summed E-state index contributed by atoms with van der Waals surface area (Å²) < 4.78 is 4.94. The van der Waals surface area contributed by atoms with Crippen molar-refractivity contribution in [3.8, 4) is 6.07 Å². The Bertz CT molecular complexity index is 580. The highest BCUT2D eigenvalue weighted by Gasteiger charge is 2.21. The minimum Gasteiger partial charge on any atom is -0.462 e. The number of rotatable bonds is 3. The SMILES string of the molecule is CCOC(=O)c1ccc(NC(=S)N2CCCC(C#N)C2)cc1. The van der Waals surface area contributed by atoms with Gasteiger partial charge in [0.05, 0.1) is 24.2 Å². The second-order valence-electron chi connectivity index (χ2n) is 5.14. The zero-order valence-electron chi connectivity index (χ0n) is 12.5. The van der Waals surface area contributed by atoms with Crippen molar-refractivity contribution in [1.82, 2.24) is 4.90 Å². The minimum atomic E-state index is -0.329. The summed E-state index contributed by atoms with van der Waals surface area (Å²) >= 11 is 5.40. The molecule has 1 heterocycles. The zero-order chi connectivity index (χ0) is 15.9. The lowest BCUT2D eigenvalue weighted by atomic mass is 10.0. The fraction of sp³-hybridized carbons (Fsp3) is 0.438. The summed E-state index contributed by atoms with van der Waals surface area (Å²) in [6.45, 7) is 3.67. The predicted octanol–water partition coefficient (Wildman–Crippen LogP) is 2.80. The Balaban J connectivity index is 1.94. The first-order chi connectivity index (χ1) is 10.6. The third-order valence-electron chi connectivity index (χ3n) is 3.54. The number of carbonyl (C=O) groups is 1. The van der Waals surface area contributed by atoms with Crippen LogP contribution in [0.1, 0.15) is 30.1 Å². The largest absolute Gasteiger partial charge is 0.462 e. The number of benzene rings is 1. The number of likely N-dealkylation sites (tertiary alicyclic amines) is 1. The second kappa shape index (κ2) is 7.76. The number of nitrogens with zero attached hydrogens (tertiary/aromatic N) is 2. The average Bonchev–Trinajstić information content (AvgIpc) is 2.55. The summed E-state index contributed by atoms with van der Waals surface area (Å²) in [6, 6.07) is 9.31. The van der Waals surface area contributed by atoms with Gasteiger partial charge in [-0.3, -0.25) is 0 Å². The highest BCUT2D eigenvalue weighted by atomic mass is 32.1.